The Morgan fingerprint density at radius 3 is 3.00 bits per heavy atom. The summed E-state index contributed by atoms with van der Waals surface area (Å²) >= 11 is 0. The number of nitrogens with one attached hydrogen (secondary N) is 2. The molecule has 2 heterocycles. The van der Waals surface area contributed by atoms with E-state index in [-0.39, 0.29) is 19.6 Å². The minimum atomic E-state index is -1.34. The zero-order chi connectivity index (χ0) is 13.9. The van der Waals surface area contributed by atoms with E-state index < -0.39 is 17.5 Å². The van der Waals surface area contributed by atoms with E-state index in [0.717, 1.165) is 0 Å². The molecule has 3 N–H and O–H groups in total. The molecule has 1 aliphatic rings. The molecule has 19 heavy (non-hydrogen) atoms. The first-order chi connectivity index (χ1) is 9.03. The number of carbonyl (C=O) groups is 2. The van der Waals surface area contributed by atoms with Gasteiger partial charge >= 0.3 is 12.0 Å². The molecule has 1 fully saturated rings. The maximum atomic E-state index is 12.0. The average molecular weight is 269 g/mol. The third kappa shape index (κ3) is 2.81. The number of aliphatic carboxylic acids is 1. The summed E-state index contributed by atoms with van der Waals surface area (Å²) in [6.45, 7) is 0.505. The summed E-state index contributed by atoms with van der Waals surface area (Å²) in [6.07, 6.45) is 1.59. The number of aromatic nitrogens is 3. The lowest BCUT2D eigenvalue weighted by Crippen LogP contribution is -2.57. The van der Waals surface area contributed by atoms with E-state index in [4.69, 9.17) is 4.74 Å². The van der Waals surface area contributed by atoms with Gasteiger partial charge in [-0.05, 0) is 0 Å². The van der Waals surface area contributed by atoms with E-state index in [0.29, 0.717) is 12.4 Å². The molecule has 0 radical (unpaired) electrons. The fraction of sp³-hybridized carbons (Fsp3) is 0.600. The van der Waals surface area contributed by atoms with Gasteiger partial charge in [0.15, 0.2) is 5.54 Å². The maximum Gasteiger partial charge on any atom is 0.332 e. The third-order valence-electron chi connectivity index (χ3n) is 2.98. The van der Waals surface area contributed by atoms with Crippen LogP contribution in [0.25, 0.3) is 0 Å². The van der Waals surface area contributed by atoms with Crippen LogP contribution in [0.15, 0.2) is 6.33 Å². The van der Waals surface area contributed by atoms with Crippen LogP contribution in [0.1, 0.15) is 12.2 Å². The predicted molar refractivity (Wildman–Crippen MR) is 62.2 cm³/mol. The second-order valence-electron chi connectivity index (χ2n) is 4.41. The van der Waals surface area contributed by atoms with Crippen LogP contribution in [0.5, 0.6) is 0 Å². The van der Waals surface area contributed by atoms with Crippen molar-refractivity contribution in [2.75, 3.05) is 20.3 Å². The molecule has 1 saturated heterocycles. The highest BCUT2D eigenvalue weighted by atomic mass is 16.5. The fourth-order valence-corrected chi connectivity index (χ4v) is 1.79. The molecule has 0 aromatic carbocycles. The minimum Gasteiger partial charge on any atom is -0.479 e. The van der Waals surface area contributed by atoms with Crippen LogP contribution in [0, 0.1) is 0 Å². The van der Waals surface area contributed by atoms with Gasteiger partial charge in [-0.2, -0.15) is 5.10 Å². The standard InChI is InChI=1S/C10H15N5O4/c1-15(4-7-11-6-12-14-7)9(18)13-10(8(16)17)2-3-19-5-10/h6H,2-5H2,1H3,(H,13,18)(H,16,17)(H,11,12,14). The van der Waals surface area contributed by atoms with Crippen molar-refractivity contribution in [3.8, 4) is 0 Å². The van der Waals surface area contributed by atoms with Crippen LogP contribution in [0.4, 0.5) is 4.79 Å². The second kappa shape index (κ2) is 5.22. The van der Waals surface area contributed by atoms with Crippen LogP contribution >= 0.6 is 0 Å². The van der Waals surface area contributed by atoms with Gasteiger partial charge in [0.25, 0.3) is 0 Å². The van der Waals surface area contributed by atoms with Gasteiger partial charge in [0.05, 0.1) is 13.2 Å². The number of carboxylic acids is 1. The van der Waals surface area contributed by atoms with E-state index in [2.05, 4.69) is 20.5 Å². The normalized spacial score (nSPS) is 22.2. The summed E-state index contributed by atoms with van der Waals surface area (Å²) in [7, 11) is 1.54. The molecular formula is C10H15N5O4. The highest BCUT2D eigenvalue weighted by Gasteiger charge is 2.44. The molecule has 1 atom stereocenters. The van der Waals surface area contributed by atoms with E-state index in [1.807, 2.05) is 0 Å². The molecule has 2 amide bonds. The number of ether oxygens (including phenoxy) is 1. The maximum absolute atomic E-state index is 12.0. The Morgan fingerprint density at radius 2 is 2.47 bits per heavy atom. The first-order valence-corrected chi connectivity index (χ1v) is 5.72. The van der Waals surface area contributed by atoms with Crippen LogP contribution < -0.4 is 5.32 Å². The molecule has 1 aromatic heterocycles. The number of amides is 2. The highest BCUT2D eigenvalue weighted by Crippen LogP contribution is 2.19. The van der Waals surface area contributed by atoms with Crippen molar-refractivity contribution in [2.45, 2.75) is 18.5 Å². The Kier molecular flexibility index (Phi) is 3.65. The van der Waals surface area contributed by atoms with Gasteiger partial charge in [0, 0.05) is 20.1 Å². The lowest BCUT2D eigenvalue weighted by Gasteiger charge is -2.27. The van der Waals surface area contributed by atoms with E-state index in [9.17, 15) is 14.7 Å². The zero-order valence-electron chi connectivity index (χ0n) is 10.4. The molecule has 9 heteroatoms. The van der Waals surface area contributed by atoms with Gasteiger partial charge in [-0.25, -0.2) is 14.6 Å². The fourth-order valence-electron chi connectivity index (χ4n) is 1.79. The molecule has 0 aliphatic carbocycles. The molecule has 1 aromatic rings. The van der Waals surface area contributed by atoms with Crippen LogP contribution in [-0.2, 0) is 16.1 Å². The van der Waals surface area contributed by atoms with Crippen molar-refractivity contribution in [3.05, 3.63) is 12.2 Å². The Bertz CT molecular complexity index is 454. The van der Waals surface area contributed by atoms with Gasteiger partial charge in [-0.3, -0.25) is 5.10 Å². The number of H-pyrrole nitrogens is 1. The van der Waals surface area contributed by atoms with Crippen molar-refractivity contribution in [3.63, 3.8) is 0 Å². The second-order valence-corrected chi connectivity index (χ2v) is 4.41. The van der Waals surface area contributed by atoms with Crippen molar-refractivity contribution in [2.24, 2.45) is 0 Å². The Balaban J connectivity index is 1.97. The van der Waals surface area contributed by atoms with Crippen molar-refractivity contribution < 1.29 is 19.4 Å². The van der Waals surface area contributed by atoms with Crippen molar-refractivity contribution >= 4 is 12.0 Å². The molecule has 1 aliphatic heterocycles. The summed E-state index contributed by atoms with van der Waals surface area (Å²) in [4.78, 5) is 28.4. The average Bonchev–Trinajstić information content (AvgIpc) is 3.00. The number of nitrogens with zero attached hydrogens (tertiary/aromatic N) is 3. The number of rotatable bonds is 4. The number of carbonyl (C=O) groups excluding carboxylic acids is 1. The van der Waals surface area contributed by atoms with Crippen molar-refractivity contribution in [1.82, 2.24) is 25.4 Å². The molecule has 104 valence electrons. The zero-order valence-corrected chi connectivity index (χ0v) is 10.4. The van der Waals surface area contributed by atoms with Crippen molar-refractivity contribution in [1.29, 1.82) is 0 Å². The van der Waals surface area contributed by atoms with Gasteiger partial charge in [-0.1, -0.05) is 0 Å². The van der Waals surface area contributed by atoms with Crippen LogP contribution in [-0.4, -0.2) is 63.0 Å². The van der Waals surface area contributed by atoms with E-state index in [1.54, 1.807) is 7.05 Å². The molecule has 0 saturated carbocycles. The summed E-state index contributed by atoms with van der Waals surface area (Å²) < 4.78 is 5.07. The quantitative estimate of drug-likeness (QED) is 0.657. The lowest BCUT2D eigenvalue weighted by molar-refractivity contribution is -0.144. The summed E-state index contributed by atoms with van der Waals surface area (Å²) in [6, 6.07) is -0.496. The van der Waals surface area contributed by atoms with Gasteiger partial charge in [0.2, 0.25) is 0 Å². The van der Waals surface area contributed by atoms with Gasteiger partial charge in [-0.15, -0.1) is 0 Å². The lowest BCUT2D eigenvalue weighted by atomic mass is 9.99. The molecule has 1 unspecified atom stereocenters. The number of carboxylic acid groups (broad SMARTS) is 1. The number of hydrogen-bond donors (Lipinski definition) is 3. The Labute approximate surface area is 109 Å². The molecule has 2 rings (SSSR count). The Hall–Kier alpha value is -2.16. The number of hydrogen-bond acceptors (Lipinski definition) is 5. The molecular weight excluding hydrogens is 254 g/mol. The van der Waals surface area contributed by atoms with Gasteiger partial charge in [0.1, 0.15) is 12.2 Å². The number of aromatic amines is 1. The Morgan fingerprint density at radius 1 is 1.68 bits per heavy atom. The van der Waals surface area contributed by atoms with Crippen LogP contribution in [0.3, 0.4) is 0 Å². The summed E-state index contributed by atoms with van der Waals surface area (Å²) in [5, 5.41) is 18.0. The smallest absolute Gasteiger partial charge is 0.332 e. The molecule has 0 spiro atoms. The monoisotopic (exact) mass is 269 g/mol. The summed E-state index contributed by atoms with van der Waals surface area (Å²) in [5.41, 5.74) is -1.34. The highest BCUT2D eigenvalue weighted by molar-refractivity contribution is 5.86. The third-order valence-corrected chi connectivity index (χ3v) is 2.98. The van der Waals surface area contributed by atoms with Gasteiger partial charge < -0.3 is 20.1 Å². The van der Waals surface area contributed by atoms with E-state index >= 15 is 0 Å². The first kappa shape index (κ1) is 13.3. The minimum absolute atomic E-state index is 0.0236. The predicted octanol–water partition coefficient (Wildman–Crippen LogP) is -0.810. The summed E-state index contributed by atoms with van der Waals surface area (Å²) in [5.74, 6) is -0.573. The first-order valence-electron chi connectivity index (χ1n) is 5.72. The molecule has 9 nitrogen and oxygen atoms in total. The topological polar surface area (TPSA) is 120 Å². The number of urea groups is 1. The largest absolute Gasteiger partial charge is 0.479 e. The van der Waals surface area contributed by atoms with Crippen LogP contribution in [0.2, 0.25) is 0 Å². The SMILES string of the molecule is CN(Cc1ncn[nH]1)C(=O)NC1(C(=O)O)CCOC1. The van der Waals surface area contributed by atoms with E-state index in [1.165, 1.54) is 11.2 Å². The molecule has 0 bridgehead atoms.